The number of carbonyl (C=O) groups excluding carboxylic acids is 1. The summed E-state index contributed by atoms with van der Waals surface area (Å²) >= 11 is 5.87. The van der Waals surface area contributed by atoms with Gasteiger partial charge in [0.2, 0.25) is 5.95 Å². The van der Waals surface area contributed by atoms with Gasteiger partial charge < -0.3 is 5.43 Å². The molecule has 0 aliphatic heterocycles. The van der Waals surface area contributed by atoms with Gasteiger partial charge in [0.15, 0.2) is 0 Å². The maximum atomic E-state index is 12.0. The third-order valence-corrected chi connectivity index (χ3v) is 2.76. The summed E-state index contributed by atoms with van der Waals surface area (Å²) in [6, 6.07) is 3.89. The number of halogens is 1. The third-order valence-electron chi connectivity index (χ3n) is 2.46. The molecule has 10 heteroatoms. The summed E-state index contributed by atoms with van der Waals surface area (Å²) in [6.45, 7) is 0. The molecule has 1 heterocycles. The van der Waals surface area contributed by atoms with Crippen LogP contribution in [0.1, 0.15) is 10.4 Å². The number of nitrogens with two attached hydrogens (primary N) is 1. The molecule has 108 valence electrons. The van der Waals surface area contributed by atoms with E-state index < -0.39 is 16.5 Å². The summed E-state index contributed by atoms with van der Waals surface area (Å²) in [5.41, 5.74) is 1.63. The van der Waals surface area contributed by atoms with Crippen LogP contribution in [0.15, 0.2) is 30.6 Å². The first-order valence-electron chi connectivity index (χ1n) is 5.56. The molecule has 0 aliphatic carbocycles. The Bertz CT molecular complexity index is 694. The van der Waals surface area contributed by atoms with E-state index in [1.54, 1.807) is 6.07 Å². The largest absolute Gasteiger partial charge is 0.317 e. The number of hydrogen-bond donors (Lipinski definition) is 3. The number of hydrazine groups is 1. The smallest absolute Gasteiger partial charge is 0.295 e. The molecule has 1 aromatic heterocycles. The normalized spacial score (nSPS) is 10.0. The van der Waals surface area contributed by atoms with Crippen LogP contribution in [0.4, 0.5) is 17.3 Å². The van der Waals surface area contributed by atoms with Gasteiger partial charge in [0.05, 0.1) is 9.95 Å². The van der Waals surface area contributed by atoms with E-state index >= 15 is 0 Å². The fourth-order valence-corrected chi connectivity index (χ4v) is 1.82. The Morgan fingerprint density at radius 3 is 2.57 bits per heavy atom. The van der Waals surface area contributed by atoms with E-state index in [-0.39, 0.29) is 22.2 Å². The highest BCUT2D eigenvalue weighted by molar-refractivity contribution is 6.34. The minimum atomic E-state index is -0.698. The van der Waals surface area contributed by atoms with Gasteiger partial charge in [-0.25, -0.2) is 9.97 Å². The standard InChI is InChI=1S/C11H9ClN6O3/c12-7-4-6(5-8(18(20)21)9(7)17-13)10(19)16-11-14-2-1-3-15-11/h1-5,17H,13H2,(H,14,15,16,19). The molecule has 0 bridgehead atoms. The van der Waals surface area contributed by atoms with Crippen molar-refractivity contribution < 1.29 is 9.72 Å². The molecule has 0 unspecified atom stereocenters. The molecule has 4 N–H and O–H groups in total. The lowest BCUT2D eigenvalue weighted by atomic mass is 10.1. The summed E-state index contributed by atoms with van der Waals surface area (Å²) in [5.74, 6) is 4.62. The first-order valence-corrected chi connectivity index (χ1v) is 5.93. The van der Waals surface area contributed by atoms with Gasteiger partial charge in [0, 0.05) is 24.0 Å². The van der Waals surface area contributed by atoms with E-state index in [0.717, 1.165) is 6.07 Å². The molecule has 0 spiro atoms. The average molecular weight is 309 g/mol. The quantitative estimate of drug-likeness (QED) is 0.443. The third kappa shape index (κ3) is 3.22. The van der Waals surface area contributed by atoms with Crippen LogP contribution in [0.3, 0.4) is 0 Å². The summed E-state index contributed by atoms with van der Waals surface area (Å²) in [6.07, 6.45) is 2.89. The predicted molar refractivity (Wildman–Crippen MR) is 75.9 cm³/mol. The Morgan fingerprint density at radius 2 is 2.00 bits per heavy atom. The molecule has 0 saturated carbocycles. The number of amides is 1. The maximum Gasteiger partial charge on any atom is 0.295 e. The predicted octanol–water partition coefficient (Wildman–Crippen LogP) is 1.58. The molecular weight excluding hydrogens is 300 g/mol. The number of hydrogen-bond acceptors (Lipinski definition) is 7. The minimum absolute atomic E-state index is 0.0156. The number of nitro groups is 1. The van der Waals surface area contributed by atoms with Crippen molar-refractivity contribution in [2.24, 2.45) is 5.84 Å². The Balaban J connectivity index is 2.36. The Kier molecular flexibility index (Phi) is 4.26. The fourth-order valence-electron chi connectivity index (χ4n) is 1.55. The lowest BCUT2D eigenvalue weighted by Gasteiger charge is -2.08. The van der Waals surface area contributed by atoms with Crippen molar-refractivity contribution in [2.75, 3.05) is 10.7 Å². The molecule has 0 atom stereocenters. The highest BCUT2D eigenvalue weighted by Gasteiger charge is 2.21. The van der Waals surface area contributed by atoms with Gasteiger partial charge >= 0.3 is 0 Å². The van der Waals surface area contributed by atoms with E-state index in [0.29, 0.717) is 0 Å². The van der Waals surface area contributed by atoms with E-state index in [9.17, 15) is 14.9 Å². The molecular formula is C11H9ClN6O3. The number of nitrogens with zero attached hydrogens (tertiary/aromatic N) is 3. The number of benzene rings is 1. The average Bonchev–Trinajstić information content (AvgIpc) is 2.47. The van der Waals surface area contributed by atoms with Crippen molar-refractivity contribution in [3.8, 4) is 0 Å². The van der Waals surface area contributed by atoms with Gasteiger partial charge in [-0.05, 0) is 12.1 Å². The Labute approximate surface area is 123 Å². The van der Waals surface area contributed by atoms with Gasteiger partial charge in [0.25, 0.3) is 11.6 Å². The maximum absolute atomic E-state index is 12.0. The second kappa shape index (κ2) is 6.11. The zero-order valence-corrected chi connectivity index (χ0v) is 11.2. The van der Waals surface area contributed by atoms with Crippen LogP contribution < -0.4 is 16.6 Å². The summed E-state index contributed by atoms with van der Waals surface area (Å²) < 4.78 is 0. The lowest BCUT2D eigenvalue weighted by Crippen LogP contribution is -2.16. The van der Waals surface area contributed by atoms with Crippen LogP contribution in [0.25, 0.3) is 0 Å². The monoisotopic (exact) mass is 308 g/mol. The minimum Gasteiger partial charge on any atom is -0.317 e. The number of aromatic nitrogens is 2. The van der Waals surface area contributed by atoms with Crippen molar-refractivity contribution in [3.63, 3.8) is 0 Å². The molecule has 2 aromatic rings. The number of nitrogens with one attached hydrogen (secondary N) is 2. The van der Waals surface area contributed by atoms with E-state index in [2.05, 4.69) is 20.7 Å². The first kappa shape index (κ1) is 14.6. The van der Waals surface area contributed by atoms with Crippen molar-refractivity contribution >= 4 is 34.8 Å². The number of nitro benzene ring substituents is 1. The Hall–Kier alpha value is -2.78. The van der Waals surface area contributed by atoms with Gasteiger partial charge in [0.1, 0.15) is 5.69 Å². The van der Waals surface area contributed by atoms with Gasteiger partial charge in [-0.15, -0.1) is 0 Å². The second-order valence-electron chi connectivity index (χ2n) is 3.78. The molecule has 1 aromatic carbocycles. The highest BCUT2D eigenvalue weighted by Crippen LogP contribution is 2.33. The second-order valence-corrected chi connectivity index (χ2v) is 4.19. The SMILES string of the molecule is NNc1c(Cl)cc(C(=O)Nc2ncccn2)cc1[N+](=O)[O-]. The van der Waals surface area contributed by atoms with Crippen LogP contribution in [-0.4, -0.2) is 20.8 Å². The van der Waals surface area contributed by atoms with Crippen molar-refractivity contribution in [3.05, 3.63) is 51.3 Å². The van der Waals surface area contributed by atoms with Crippen LogP contribution >= 0.6 is 11.6 Å². The molecule has 0 radical (unpaired) electrons. The van der Waals surface area contributed by atoms with Gasteiger partial charge in [-0.1, -0.05) is 11.6 Å². The fraction of sp³-hybridized carbons (Fsp3) is 0. The molecule has 0 aliphatic rings. The topological polar surface area (TPSA) is 136 Å². The zero-order chi connectivity index (χ0) is 15.4. The van der Waals surface area contributed by atoms with Crippen LogP contribution in [0.2, 0.25) is 5.02 Å². The molecule has 2 rings (SSSR count). The molecule has 0 fully saturated rings. The molecule has 9 nitrogen and oxygen atoms in total. The van der Waals surface area contributed by atoms with Crippen LogP contribution in [-0.2, 0) is 0 Å². The van der Waals surface area contributed by atoms with Crippen LogP contribution in [0, 0.1) is 10.1 Å². The number of rotatable bonds is 4. The first-order chi connectivity index (χ1) is 10.0. The number of nitrogen functional groups attached to an aromatic ring is 1. The van der Waals surface area contributed by atoms with Gasteiger partial charge in [-0.3, -0.25) is 26.1 Å². The van der Waals surface area contributed by atoms with Crippen molar-refractivity contribution in [1.29, 1.82) is 0 Å². The van der Waals surface area contributed by atoms with Crippen LogP contribution in [0.5, 0.6) is 0 Å². The van der Waals surface area contributed by atoms with E-state index in [1.807, 2.05) is 0 Å². The Morgan fingerprint density at radius 1 is 1.33 bits per heavy atom. The summed E-state index contributed by atoms with van der Waals surface area (Å²) in [5, 5.41) is 13.3. The van der Waals surface area contributed by atoms with Gasteiger partial charge in [-0.2, -0.15) is 0 Å². The van der Waals surface area contributed by atoms with Crippen molar-refractivity contribution in [2.45, 2.75) is 0 Å². The molecule has 1 amide bonds. The number of anilines is 2. The zero-order valence-electron chi connectivity index (χ0n) is 10.4. The van der Waals surface area contributed by atoms with E-state index in [1.165, 1.54) is 18.5 Å². The van der Waals surface area contributed by atoms with Crippen molar-refractivity contribution in [1.82, 2.24) is 9.97 Å². The summed E-state index contributed by atoms with van der Waals surface area (Å²) in [7, 11) is 0. The number of carbonyl (C=O) groups is 1. The summed E-state index contributed by atoms with van der Waals surface area (Å²) in [4.78, 5) is 29.9. The lowest BCUT2D eigenvalue weighted by molar-refractivity contribution is -0.384. The molecule has 21 heavy (non-hydrogen) atoms. The highest BCUT2D eigenvalue weighted by atomic mass is 35.5. The molecule has 0 saturated heterocycles. The van der Waals surface area contributed by atoms with E-state index in [4.69, 9.17) is 17.4 Å².